The maximum absolute atomic E-state index is 15.1. The molecular weight excluding hydrogens is 592 g/mol. The first kappa shape index (κ1) is 32.7. The molecule has 3 aromatic carbocycles. The van der Waals surface area contributed by atoms with Gasteiger partial charge in [-0.2, -0.15) is 0 Å². The number of aliphatic hydroxyl groups is 1. The van der Waals surface area contributed by atoms with Gasteiger partial charge in [0, 0.05) is 12.2 Å². The summed E-state index contributed by atoms with van der Waals surface area (Å²) >= 11 is 0. The van der Waals surface area contributed by atoms with Crippen molar-refractivity contribution in [1.82, 2.24) is 4.90 Å². The van der Waals surface area contributed by atoms with E-state index in [-0.39, 0.29) is 25.0 Å². The number of carbonyl (C=O) groups excluding carboxylic acids is 3. The first-order chi connectivity index (χ1) is 22.9. The van der Waals surface area contributed by atoms with E-state index in [2.05, 4.69) is 13.2 Å². The van der Waals surface area contributed by atoms with Crippen LogP contribution in [-0.4, -0.2) is 64.8 Å². The Hall–Kier alpha value is -4.27. The second-order valence-electron chi connectivity index (χ2n) is 12.9. The molecule has 2 amide bonds. The fourth-order valence-electron chi connectivity index (χ4n) is 8.26. The first-order valence-electron chi connectivity index (χ1n) is 16.7. The molecule has 0 aliphatic carbocycles. The van der Waals surface area contributed by atoms with Crippen LogP contribution in [0.4, 0.5) is 5.69 Å². The zero-order valence-corrected chi connectivity index (χ0v) is 27.1. The number of likely N-dealkylation sites (tertiary alicyclic amines) is 1. The molecule has 8 nitrogen and oxygen atoms in total. The lowest BCUT2D eigenvalue weighted by atomic mass is 9.65. The summed E-state index contributed by atoms with van der Waals surface area (Å²) in [4.78, 5) is 47.1. The number of nitrogens with zero attached hydrogens (tertiary/aromatic N) is 2. The number of ether oxygens (including phenoxy) is 2. The van der Waals surface area contributed by atoms with Gasteiger partial charge >= 0.3 is 5.97 Å². The monoisotopic (exact) mass is 636 g/mol. The summed E-state index contributed by atoms with van der Waals surface area (Å²) < 4.78 is 12.8. The molecule has 1 spiro atoms. The number of allylic oxidation sites excluding steroid dienone is 1. The molecule has 0 radical (unpaired) electrons. The summed E-state index contributed by atoms with van der Waals surface area (Å²) in [6, 6.07) is 21.1. The van der Waals surface area contributed by atoms with Crippen molar-refractivity contribution in [3.05, 3.63) is 104 Å². The minimum Gasteiger partial charge on any atom is -0.465 e. The molecule has 3 heterocycles. The molecule has 6 rings (SSSR count). The zero-order chi connectivity index (χ0) is 33.2. The summed E-state index contributed by atoms with van der Waals surface area (Å²) in [6.07, 6.45) is 7.30. The number of carbonyl (C=O) groups is 3. The number of esters is 1. The van der Waals surface area contributed by atoms with Crippen LogP contribution in [0.5, 0.6) is 0 Å². The second-order valence-corrected chi connectivity index (χ2v) is 12.9. The van der Waals surface area contributed by atoms with Crippen LogP contribution in [0.3, 0.4) is 0 Å². The van der Waals surface area contributed by atoms with Crippen molar-refractivity contribution in [1.29, 1.82) is 0 Å². The number of rotatable bonds is 14. The smallest absolute Gasteiger partial charge is 0.312 e. The van der Waals surface area contributed by atoms with Gasteiger partial charge in [0.15, 0.2) is 0 Å². The summed E-state index contributed by atoms with van der Waals surface area (Å²) in [5.41, 5.74) is -0.833. The molecule has 3 fully saturated rings. The largest absolute Gasteiger partial charge is 0.465 e. The second kappa shape index (κ2) is 13.5. The Balaban J connectivity index is 1.45. The number of fused-ring (bicyclic) bond motifs is 2. The number of anilines is 1. The summed E-state index contributed by atoms with van der Waals surface area (Å²) in [5.74, 6) is -2.96. The highest BCUT2D eigenvalue weighted by atomic mass is 16.6. The highest BCUT2D eigenvalue weighted by molar-refractivity contribution is 6.06. The predicted octanol–water partition coefficient (Wildman–Crippen LogP) is 6.15. The normalized spacial score (nSPS) is 26.6. The number of unbranched alkanes of at least 4 members (excludes halogenated alkanes) is 2. The maximum Gasteiger partial charge on any atom is 0.312 e. The molecular formula is C39H44N2O6. The summed E-state index contributed by atoms with van der Waals surface area (Å²) in [6.45, 7) is 9.68. The van der Waals surface area contributed by atoms with Crippen molar-refractivity contribution >= 4 is 34.2 Å². The Labute approximate surface area is 276 Å². The van der Waals surface area contributed by atoms with Gasteiger partial charge in [-0.05, 0) is 67.0 Å². The van der Waals surface area contributed by atoms with Crippen molar-refractivity contribution in [3.8, 4) is 0 Å². The van der Waals surface area contributed by atoms with Crippen molar-refractivity contribution in [2.24, 2.45) is 11.8 Å². The van der Waals surface area contributed by atoms with Crippen molar-refractivity contribution in [2.75, 3.05) is 24.7 Å². The minimum atomic E-state index is -1.27. The topological polar surface area (TPSA) is 96.4 Å². The van der Waals surface area contributed by atoms with Crippen LogP contribution in [0.2, 0.25) is 0 Å². The SMILES string of the molecule is C=CCCCCOC(=O)[C@H]1[C@H]2C(=O)N([C@H](CO)c3ccccc3)C(C(=O)N(CC=C)c3ccc4ccccc4c3)C23CC[C@]1(CC)O3. The molecule has 2 unspecified atom stereocenters. The number of amides is 2. The van der Waals surface area contributed by atoms with Crippen molar-refractivity contribution in [3.63, 3.8) is 0 Å². The number of hydrogen-bond acceptors (Lipinski definition) is 6. The lowest BCUT2D eigenvalue weighted by molar-refractivity contribution is -0.162. The average Bonchev–Trinajstić information content (AvgIpc) is 3.71. The Morgan fingerprint density at radius 1 is 1.04 bits per heavy atom. The van der Waals surface area contributed by atoms with Crippen LogP contribution in [0.15, 0.2) is 98.1 Å². The van der Waals surface area contributed by atoms with E-state index in [1.165, 1.54) is 4.90 Å². The van der Waals surface area contributed by atoms with Gasteiger partial charge in [-0.25, -0.2) is 0 Å². The Morgan fingerprint density at radius 3 is 2.49 bits per heavy atom. The highest BCUT2D eigenvalue weighted by Gasteiger charge is 2.79. The van der Waals surface area contributed by atoms with E-state index in [4.69, 9.17) is 9.47 Å². The van der Waals surface area contributed by atoms with Gasteiger partial charge in [0.1, 0.15) is 17.6 Å². The summed E-state index contributed by atoms with van der Waals surface area (Å²) in [5, 5.41) is 12.9. The van der Waals surface area contributed by atoms with Crippen molar-refractivity contribution in [2.45, 2.75) is 68.7 Å². The van der Waals surface area contributed by atoms with E-state index in [1.54, 1.807) is 11.0 Å². The van der Waals surface area contributed by atoms with E-state index in [0.29, 0.717) is 36.9 Å². The van der Waals surface area contributed by atoms with E-state index in [0.717, 1.165) is 23.6 Å². The number of hydrogen-bond donors (Lipinski definition) is 1. The van der Waals surface area contributed by atoms with Gasteiger partial charge in [-0.1, -0.05) is 79.7 Å². The highest BCUT2D eigenvalue weighted by Crippen LogP contribution is 2.65. The molecule has 246 valence electrons. The van der Waals surface area contributed by atoms with Crippen LogP contribution in [0.25, 0.3) is 10.8 Å². The van der Waals surface area contributed by atoms with Gasteiger partial charge in [-0.3, -0.25) is 14.4 Å². The van der Waals surface area contributed by atoms with Crippen molar-refractivity contribution < 1.29 is 29.0 Å². The molecule has 3 aromatic rings. The van der Waals surface area contributed by atoms with Crippen LogP contribution < -0.4 is 4.90 Å². The van der Waals surface area contributed by atoms with E-state index < -0.39 is 47.7 Å². The molecule has 3 saturated heterocycles. The van der Waals surface area contributed by atoms with Gasteiger partial charge in [0.05, 0.1) is 30.8 Å². The molecule has 6 atom stereocenters. The molecule has 2 bridgehead atoms. The maximum atomic E-state index is 15.1. The van der Waals surface area contributed by atoms with Crippen LogP contribution in [0, 0.1) is 11.8 Å². The quantitative estimate of drug-likeness (QED) is 0.130. The Morgan fingerprint density at radius 2 is 1.79 bits per heavy atom. The molecule has 1 N–H and O–H groups in total. The Kier molecular flexibility index (Phi) is 9.35. The standard InChI is InChI=1S/C39H44N2O6/c1-4-7-8-14-24-46-37(45)33-32-35(43)41(31(26-42)28-16-10-9-11-17-28)34(39(32)22-21-38(33,6-3)47-39)36(44)40(23-5-2)30-20-19-27-15-12-13-18-29(27)25-30/h4-5,9-13,15-20,25,31-34,42H,1-2,6-8,14,21-24,26H2,3H3/t31-,32+,33-,34?,38+,39?/m1/s1. The third-order valence-electron chi connectivity index (χ3n) is 10.5. The molecule has 47 heavy (non-hydrogen) atoms. The summed E-state index contributed by atoms with van der Waals surface area (Å²) in [7, 11) is 0. The minimum absolute atomic E-state index is 0.195. The van der Waals surface area contributed by atoms with Gasteiger partial charge in [-0.15, -0.1) is 13.2 Å². The molecule has 0 saturated carbocycles. The Bertz CT molecular complexity index is 1660. The first-order valence-corrected chi connectivity index (χ1v) is 16.7. The van der Waals surface area contributed by atoms with Crippen LogP contribution in [0.1, 0.15) is 57.1 Å². The van der Waals surface area contributed by atoms with Gasteiger partial charge in [0.25, 0.3) is 5.91 Å². The predicted molar refractivity (Wildman–Crippen MR) is 181 cm³/mol. The molecule has 3 aliphatic heterocycles. The number of benzene rings is 3. The lowest BCUT2D eigenvalue weighted by Gasteiger charge is -2.39. The van der Waals surface area contributed by atoms with E-state index in [1.807, 2.05) is 85.8 Å². The third kappa shape index (κ3) is 5.47. The number of aliphatic hydroxyl groups excluding tert-OH is 1. The average molecular weight is 637 g/mol. The van der Waals surface area contributed by atoms with Crippen LogP contribution in [-0.2, 0) is 23.9 Å². The molecule has 0 aromatic heterocycles. The molecule has 3 aliphatic rings. The lowest BCUT2D eigenvalue weighted by Crippen LogP contribution is -2.57. The van der Waals surface area contributed by atoms with Gasteiger partial charge in [0.2, 0.25) is 5.91 Å². The fourth-order valence-corrected chi connectivity index (χ4v) is 8.26. The zero-order valence-electron chi connectivity index (χ0n) is 27.1. The van der Waals surface area contributed by atoms with Crippen LogP contribution >= 0.6 is 0 Å². The third-order valence-corrected chi connectivity index (χ3v) is 10.5. The van der Waals surface area contributed by atoms with E-state index in [9.17, 15) is 14.7 Å². The fraction of sp³-hybridized carbons (Fsp3) is 0.410. The van der Waals surface area contributed by atoms with E-state index >= 15 is 4.79 Å². The van der Waals surface area contributed by atoms with Gasteiger partial charge < -0.3 is 24.4 Å². The molecule has 8 heteroatoms.